The molecule has 1 fully saturated rings. The van der Waals surface area contributed by atoms with Gasteiger partial charge in [-0.05, 0) is 49.1 Å². The highest BCUT2D eigenvalue weighted by Gasteiger charge is 2.39. The highest BCUT2D eigenvalue weighted by Crippen LogP contribution is 2.45. The molecule has 2 aliphatic heterocycles. The molecule has 3 heterocycles. The fraction of sp³-hybridized carbons (Fsp3) is 0.529. The molecular formula is C17H22N2. The lowest BCUT2D eigenvalue weighted by atomic mass is 9.95. The molecule has 1 N–H and O–H groups in total. The third-order valence-corrected chi connectivity index (χ3v) is 5.23. The molecule has 2 atom stereocenters. The van der Waals surface area contributed by atoms with Gasteiger partial charge in [0.05, 0.1) is 0 Å². The topological polar surface area (TPSA) is 19.0 Å². The number of likely N-dealkylation sites (N-methyl/N-ethyl adjacent to an activating group) is 1. The van der Waals surface area contributed by atoms with Crippen LogP contribution in [0.3, 0.4) is 0 Å². The summed E-state index contributed by atoms with van der Waals surface area (Å²) in [5.74, 6) is 0.604. The average Bonchev–Trinajstić information content (AvgIpc) is 2.85. The molecule has 1 aromatic carbocycles. The lowest BCUT2D eigenvalue weighted by Gasteiger charge is -2.31. The quantitative estimate of drug-likeness (QED) is 0.815. The number of benzene rings is 1. The van der Waals surface area contributed by atoms with Crippen LogP contribution in [0.2, 0.25) is 0 Å². The number of nitrogens with one attached hydrogen (secondary N) is 1. The van der Waals surface area contributed by atoms with Crippen LogP contribution >= 0.6 is 0 Å². The van der Waals surface area contributed by atoms with Crippen molar-refractivity contribution in [2.75, 3.05) is 7.05 Å². The van der Waals surface area contributed by atoms with Crippen molar-refractivity contribution >= 4 is 10.9 Å². The van der Waals surface area contributed by atoms with E-state index < -0.39 is 0 Å². The van der Waals surface area contributed by atoms with Crippen molar-refractivity contribution in [1.82, 2.24) is 9.88 Å². The Morgan fingerprint density at radius 1 is 1.26 bits per heavy atom. The first-order chi connectivity index (χ1) is 9.15. The Morgan fingerprint density at radius 3 is 2.89 bits per heavy atom. The number of nitrogens with zero attached hydrogens (tertiary/aromatic N) is 1. The van der Waals surface area contributed by atoms with E-state index in [0.29, 0.717) is 12.0 Å². The number of hydrogen-bond acceptors (Lipinski definition) is 1. The van der Waals surface area contributed by atoms with Crippen molar-refractivity contribution < 1.29 is 0 Å². The van der Waals surface area contributed by atoms with Crippen LogP contribution in [0.4, 0.5) is 0 Å². The second-order valence-corrected chi connectivity index (χ2v) is 6.59. The Bertz CT molecular complexity index is 638. The molecule has 0 spiro atoms. The van der Waals surface area contributed by atoms with Gasteiger partial charge in [-0.15, -0.1) is 0 Å². The number of hydrogen-bond donors (Lipinski definition) is 1. The van der Waals surface area contributed by atoms with Crippen molar-refractivity contribution in [2.24, 2.45) is 0 Å². The zero-order chi connectivity index (χ0) is 13.1. The van der Waals surface area contributed by atoms with Gasteiger partial charge in [0.25, 0.3) is 0 Å². The Hall–Kier alpha value is -1.28. The molecule has 19 heavy (non-hydrogen) atoms. The van der Waals surface area contributed by atoms with Crippen LogP contribution in [0.5, 0.6) is 0 Å². The van der Waals surface area contributed by atoms with Gasteiger partial charge in [-0.1, -0.05) is 19.9 Å². The van der Waals surface area contributed by atoms with Gasteiger partial charge in [-0.25, -0.2) is 0 Å². The van der Waals surface area contributed by atoms with Crippen LogP contribution < -0.4 is 0 Å². The molecule has 0 saturated carbocycles. The zero-order valence-electron chi connectivity index (χ0n) is 12.0. The standard InChI is InChI=1S/C17H22N2/c1-10(2)11-4-6-14-13(8-11)17-15(18-14)9-12-5-7-16(17)19(12)3/h4,6,8,10,12,16,18H,5,7,9H2,1-3H3. The SMILES string of the molecule is CC(C)c1ccc2[nH]c3c(c2c1)C1CCC(C3)N1C. The Kier molecular flexibility index (Phi) is 2.34. The van der Waals surface area contributed by atoms with Crippen LogP contribution in [0, 0.1) is 0 Å². The number of fused-ring (bicyclic) bond motifs is 6. The minimum atomic E-state index is 0.604. The van der Waals surface area contributed by atoms with E-state index in [4.69, 9.17) is 0 Å². The molecule has 1 aromatic heterocycles. The van der Waals surface area contributed by atoms with Gasteiger partial charge < -0.3 is 4.98 Å². The highest BCUT2D eigenvalue weighted by molar-refractivity contribution is 5.86. The number of H-pyrrole nitrogens is 1. The fourth-order valence-corrected chi connectivity index (χ4v) is 4.03. The molecule has 2 bridgehead atoms. The molecule has 0 aliphatic carbocycles. The molecule has 100 valence electrons. The summed E-state index contributed by atoms with van der Waals surface area (Å²) < 4.78 is 0. The predicted octanol–water partition coefficient (Wildman–Crippen LogP) is 3.98. The van der Waals surface area contributed by atoms with Crippen molar-refractivity contribution in [3.05, 3.63) is 35.0 Å². The minimum absolute atomic E-state index is 0.604. The van der Waals surface area contributed by atoms with Crippen LogP contribution in [-0.2, 0) is 6.42 Å². The molecule has 0 radical (unpaired) electrons. The maximum Gasteiger partial charge on any atom is 0.0459 e. The van der Waals surface area contributed by atoms with Gasteiger partial charge in [0.1, 0.15) is 0 Å². The summed E-state index contributed by atoms with van der Waals surface area (Å²) in [6, 6.07) is 8.37. The summed E-state index contributed by atoms with van der Waals surface area (Å²) in [4.78, 5) is 6.27. The number of rotatable bonds is 1. The van der Waals surface area contributed by atoms with Crippen LogP contribution in [0.1, 0.15) is 55.5 Å². The summed E-state index contributed by atoms with van der Waals surface area (Å²) in [6.07, 6.45) is 3.89. The monoisotopic (exact) mass is 254 g/mol. The molecular weight excluding hydrogens is 232 g/mol. The van der Waals surface area contributed by atoms with E-state index in [1.165, 1.54) is 41.4 Å². The van der Waals surface area contributed by atoms with E-state index in [0.717, 1.165) is 6.04 Å². The Morgan fingerprint density at radius 2 is 2.11 bits per heavy atom. The molecule has 0 amide bonds. The predicted molar refractivity (Wildman–Crippen MR) is 79.6 cm³/mol. The van der Waals surface area contributed by atoms with Crippen LogP contribution in [-0.4, -0.2) is 23.0 Å². The minimum Gasteiger partial charge on any atom is -0.358 e. The van der Waals surface area contributed by atoms with E-state index in [1.807, 2.05) is 0 Å². The summed E-state index contributed by atoms with van der Waals surface area (Å²) in [5.41, 5.74) is 5.88. The molecule has 2 aliphatic rings. The molecule has 2 heteroatoms. The molecule has 4 rings (SSSR count). The Labute approximate surface area is 114 Å². The van der Waals surface area contributed by atoms with Gasteiger partial charge in [-0.2, -0.15) is 0 Å². The lowest BCUT2D eigenvalue weighted by Crippen LogP contribution is -2.33. The van der Waals surface area contributed by atoms with Gasteiger partial charge in [0.2, 0.25) is 0 Å². The van der Waals surface area contributed by atoms with Gasteiger partial charge >= 0.3 is 0 Å². The maximum atomic E-state index is 3.68. The number of aromatic amines is 1. The lowest BCUT2D eigenvalue weighted by molar-refractivity contribution is 0.224. The maximum absolute atomic E-state index is 3.68. The first-order valence-corrected chi connectivity index (χ1v) is 7.51. The third kappa shape index (κ3) is 1.53. The van der Waals surface area contributed by atoms with Crippen molar-refractivity contribution in [3.63, 3.8) is 0 Å². The van der Waals surface area contributed by atoms with Gasteiger partial charge in [0, 0.05) is 35.1 Å². The molecule has 2 nitrogen and oxygen atoms in total. The normalized spacial score (nSPS) is 26.3. The van der Waals surface area contributed by atoms with Gasteiger partial charge in [0.15, 0.2) is 0 Å². The average molecular weight is 254 g/mol. The zero-order valence-corrected chi connectivity index (χ0v) is 12.0. The van der Waals surface area contributed by atoms with Gasteiger partial charge in [-0.3, -0.25) is 4.90 Å². The van der Waals surface area contributed by atoms with Crippen molar-refractivity contribution in [1.29, 1.82) is 0 Å². The van der Waals surface area contributed by atoms with E-state index >= 15 is 0 Å². The first-order valence-electron chi connectivity index (χ1n) is 7.51. The molecule has 2 aromatic rings. The van der Waals surface area contributed by atoms with E-state index in [-0.39, 0.29) is 0 Å². The van der Waals surface area contributed by atoms with Crippen LogP contribution in [0.15, 0.2) is 18.2 Å². The first kappa shape index (κ1) is 11.5. The summed E-state index contributed by atoms with van der Waals surface area (Å²) >= 11 is 0. The second kappa shape index (κ2) is 3.86. The van der Waals surface area contributed by atoms with E-state index in [9.17, 15) is 0 Å². The smallest absolute Gasteiger partial charge is 0.0459 e. The summed E-state index contributed by atoms with van der Waals surface area (Å²) in [5, 5.41) is 1.47. The third-order valence-electron chi connectivity index (χ3n) is 5.23. The fourth-order valence-electron chi connectivity index (χ4n) is 4.03. The largest absolute Gasteiger partial charge is 0.358 e. The van der Waals surface area contributed by atoms with Crippen molar-refractivity contribution in [2.45, 2.75) is 51.1 Å². The molecule has 1 saturated heterocycles. The van der Waals surface area contributed by atoms with E-state index in [1.54, 1.807) is 5.56 Å². The molecule has 2 unspecified atom stereocenters. The van der Waals surface area contributed by atoms with Crippen LogP contribution in [0.25, 0.3) is 10.9 Å². The highest BCUT2D eigenvalue weighted by atomic mass is 15.2. The Balaban J connectivity index is 1.95. The number of aromatic nitrogens is 1. The van der Waals surface area contributed by atoms with Crippen molar-refractivity contribution in [3.8, 4) is 0 Å². The summed E-state index contributed by atoms with van der Waals surface area (Å²) in [7, 11) is 2.30. The second-order valence-electron chi connectivity index (χ2n) is 6.59. The van der Waals surface area contributed by atoms with E-state index in [2.05, 4.69) is 49.0 Å². The summed E-state index contributed by atoms with van der Waals surface area (Å²) in [6.45, 7) is 4.55.